The summed E-state index contributed by atoms with van der Waals surface area (Å²) in [7, 11) is 0. The van der Waals surface area contributed by atoms with Crippen molar-refractivity contribution in [2.24, 2.45) is 0 Å². The van der Waals surface area contributed by atoms with Crippen molar-refractivity contribution < 1.29 is 4.79 Å². The van der Waals surface area contributed by atoms with Gasteiger partial charge in [0.25, 0.3) is 0 Å². The van der Waals surface area contributed by atoms with Gasteiger partial charge in [-0.3, -0.25) is 4.79 Å². The second-order valence-electron chi connectivity index (χ2n) is 5.27. The largest absolute Gasteiger partial charge is 0.341 e. The highest BCUT2D eigenvalue weighted by molar-refractivity contribution is 5.86. The zero-order valence-electron chi connectivity index (χ0n) is 12.4. The summed E-state index contributed by atoms with van der Waals surface area (Å²) in [4.78, 5) is 11.8. The SMILES string of the molecule is CC(C)NCc1cn(CC(=O)NCC#N)c2ccccc12. The number of nitriles is 1. The molecule has 0 atom stereocenters. The molecule has 2 rings (SSSR count). The number of hydrogen-bond acceptors (Lipinski definition) is 3. The van der Waals surface area contributed by atoms with Crippen molar-refractivity contribution in [3.8, 4) is 6.07 Å². The molecule has 1 heterocycles. The quantitative estimate of drug-likeness (QED) is 0.794. The van der Waals surface area contributed by atoms with E-state index in [1.54, 1.807) is 0 Å². The molecular weight excluding hydrogens is 264 g/mol. The van der Waals surface area contributed by atoms with Gasteiger partial charge in [0.2, 0.25) is 5.91 Å². The van der Waals surface area contributed by atoms with Crippen LogP contribution in [0.25, 0.3) is 10.9 Å². The van der Waals surface area contributed by atoms with E-state index in [0.29, 0.717) is 6.04 Å². The summed E-state index contributed by atoms with van der Waals surface area (Å²) in [5, 5.41) is 15.6. The van der Waals surface area contributed by atoms with Crippen molar-refractivity contribution in [3.05, 3.63) is 36.0 Å². The third-order valence-corrected chi connectivity index (χ3v) is 3.25. The van der Waals surface area contributed by atoms with Crippen molar-refractivity contribution in [2.75, 3.05) is 6.54 Å². The number of nitrogens with zero attached hydrogens (tertiary/aromatic N) is 2. The van der Waals surface area contributed by atoms with Crippen molar-refractivity contribution >= 4 is 16.8 Å². The normalized spacial score (nSPS) is 10.8. The molecule has 0 spiro atoms. The lowest BCUT2D eigenvalue weighted by molar-refractivity contribution is -0.121. The molecular formula is C16H20N4O. The number of aromatic nitrogens is 1. The number of para-hydroxylation sites is 1. The molecule has 2 aromatic rings. The van der Waals surface area contributed by atoms with Gasteiger partial charge in [-0.25, -0.2) is 0 Å². The summed E-state index contributed by atoms with van der Waals surface area (Å²) in [5.74, 6) is -0.152. The van der Waals surface area contributed by atoms with Crippen LogP contribution in [0.3, 0.4) is 0 Å². The molecule has 0 bridgehead atoms. The van der Waals surface area contributed by atoms with Crippen LogP contribution >= 0.6 is 0 Å². The molecule has 0 saturated carbocycles. The van der Waals surface area contributed by atoms with Gasteiger partial charge in [-0.15, -0.1) is 0 Å². The van der Waals surface area contributed by atoms with E-state index >= 15 is 0 Å². The average molecular weight is 284 g/mol. The second kappa shape index (κ2) is 6.91. The predicted octanol–water partition coefficient (Wildman–Crippen LogP) is 1.78. The Morgan fingerprint density at radius 1 is 1.38 bits per heavy atom. The summed E-state index contributed by atoms with van der Waals surface area (Å²) >= 11 is 0. The first-order chi connectivity index (χ1) is 10.1. The molecule has 2 N–H and O–H groups in total. The predicted molar refractivity (Wildman–Crippen MR) is 82.5 cm³/mol. The molecule has 0 unspecified atom stereocenters. The first kappa shape index (κ1) is 15.1. The molecule has 0 aliphatic rings. The number of fused-ring (bicyclic) bond motifs is 1. The molecule has 1 aromatic carbocycles. The lowest BCUT2D eigenvalue weighted by atomic mass is 10.2. The van der Waals surface area contributed by atoms with Crippen LogP contribution in [0.4, 0.5) is 0 Å². The molecule has 0 aliphatic heterocycles. The highest BCUT2D eigenvalue weighted by atomic mass is 16.1. The molecule has 5 nitrogen and oxygen atoms in total. The summed E-state index contributed by atoms with van der Waals surface area (Å²) in [5.41, 5.74) is 2.21. The molecule has 5 heteroatoms. The molecule has 21 heavy (non-hydrogen) atoms. The van der Waals surface area contributed by atoms with Gasteiger partial charge in [0, 0.05) is 29.7 Å². The second-order valence-corrected chi connectivity index (χ2v) is 5.27. The van der Waals surface area contributed by atoms with Gasteiger partial charge in [0.05, 0.1) is 6.07 Å². The van der Waals surface area contributed by atoms with Crippen LogP contribution in [0.15, 0.2) is 30.5 Å². The van der Waals surface area contributed by atoms with Gasteiger partial charge in [-0.05, 0) is 11.6 Å². The molecule has 1 amide bonds. The maximum Gasteiger partial charge on any atom is 0.240 e. The van der Waals surface area contributed by atoms with Crippen LogP contribution in [-0.4, -0.2) is 23.1 Å². The van der Waals surface area contributed by atoms with E-state index in [9.17, 15) is 4.79 Å². The van der Waals surface area contributed by atoms with E-state index in [1.165, 1.54) is 5.56 Å². The molecule has 0 saturated heterocycles. The molecule has 0 aliphatic carbocycles. The topological polar surface area (TPSA) is 69.8 Å². The Hall–Kier alpha value is -2.32. The molecule has 0 radical (unpaired) electrons. The van der Waals surface area contributed by atoms with Gasteiger partial charge in [-0.1, -0.05) is 32.0 Å². The van der Waals surface area contributed by atoms with Crippen molar-refractivity contribution in [2.45, 2.75) is 33.0 Å². The van der Waals surface area contributed by atoms with Crippen LogP contribution in [-0.2, 0) is 17.9 Å². The fourth-order valence-electron chi connectivity index (χ4n) is 2.26. The summed E-state index contributed by atoms with van der Waals surface area (Å²) in [6.45, 7) is 5.25. The van der Waals surface area contributed by atoms with Crippen LogP contribution < -0.4 is 10.6 Å². The fraction of sp³-hybridized carbons (Fsp3) is 0.375. The third-order valence-electron chi connectivity index (χ3n) is 3.25. The smallest absolute Gasteiger partial charge is 0.240 e. The zero-order valence-corrected chi connectivity index (χ0v) is 12.4. The number of rotatable bonds is 6. The Bertz CT molecular complexity index is 666. The van der Waals surface area contributed by atoms with Crippen molar-refractivity contribution in [1.29, 1.82) is 5.26 Å². The summed E-state index contributed by atoms with van der Waals surface area (Å²) in [6, 6.07) is 10.4. The Kier molecular flexibility index (Phi) is 4.96. The van der Waals surface area contributed by atoms with E-state index < -0.39 is 0 Å². The molecule has 110 valence electrons. The van der Waals surface area contributed by atoms with Crippen LogP contribution in [0, 0.1) is 11.3 Å². The lowest BCUT2D eigenvalue weighted by Crippen LogP contribution is -2.27. The van der Waals surface area contributed by atoms with E-state index in [0.717, 1.165) is 17.4 Å². The number of hydrogen-bond donors (Lipinski definition) is 2. The maximum absolute atomic E-state index is 11.8. The first-order valence-electron chi connectivity index (χ1n) is 7.05. The Morgan fingerprint density at radius 2 is 2.14 bits per heavy atom. The van der Waals surface area contributed by atoms with E-state index in [2.05, 4.69) is 30.5 Å². The van der Waals surface area contributed by atoms with Gasteiger partial charge >= 0.3 is 0 Å². The highest BCUT2D eigenvalue weighted by Crippen LogP contribution is 2.21. The lowest BCUT2D eigenvalue weighted by Gasteiger charge is -2.06. The number of nitrogens with one attached hydrogen (secondary N) is 2. The van der Waals surface area contributed by atoms with Gasteiger partial charge in [-0.2, -0.15) is 5.26 Å². The highest BCUT2D eigenvalue weighted by Gasteiger charge is 2.10. The number of amides is 1. The number of benzene rings is 1. The third kappa shape index (κ3) is 3.83. The summed E-state index contributed by atoms with van der Waals surface area (Å²) < 4.78 is 1.93. The minimum absolute atomic E-state index is 0.0415. The van der Waals surface area contributed by atoms with Crippen LogP contribution in [0.2, 0.25) is 0 Å². The molecule has 0 fully saturated rings. The number of carbonyl (C=O) groups is 1. The van der Waals surface area contributed by atoms with Gasteiger partial charge < -0.3 is 15.2 Å². The van der Waals surface area contributed by atoms with Crippen molar-refractivity contribution in [3.63, 3.8) is 0 Å². The first-order valence-corrected chi connectivity index (χ1v) is 7.05. The Labute approximate surface area is 124 Å². The van der Waals surface area contributed by atoms with Crippen molar-refractivity contribution in [1.82, 2.24) is 15.2 Å². The average Bonchev–Trinajstić information content (AvgIpc) is 2.81. The van der Waals surface area contributed by atoms with Crippen LogP contribution in [0.5, 0.6) is 0 Å². The van der Waals surface area contributed by atoms with Crippen LogP contribution in [0.1, 0.15) is 19.4 Å². The fourth-order valence-corrected chi connectivity index (χ4v) is 2.26. The summed E-state index contributed by atoms with van der Waals surface area (Å²) in [6.07, 6.45) is 2.01. The maximum atomic E-state index is 11.8. The standard InChI is InChI=1S/C16H20N4O/c1-12(2)19-9-13-10-20(11-16(21)18-8-7-17)15-6-4-3-5-14(13)15/h3-6,10,12,19H,8-9,11H2,1-2H3,(H,18,21). The van der Waals surface area contributed by atoms with E-state index in [-0.39, 0.29) is 19.0 Å². The van der Waals surface area contributed by atoms with E-state index in [4.69, 9.17) is 5.26 Å². The Morgan fingerprint density at radius 3 is 2.86 bits per heavy atom. The Balaban J connectivity index is 2.23. The zero-order chi connectivity index (χ0) is 15.2. The minimum Gasteiger partial charge on any atom is -0.341 e. The monoisotopic (exact) mass is 284 g/mol. The number of carbonyl (C=O) groups excluding carboxylic acids is 1. The van der Waals surface area contributed by atoms with Gasteiger partial charge in [0.1, 0.15) is 13.1 Å². The minimum atomic E-state index is -0.152. The molecule has 1 aromatic heterocycles. The van der Waals surface area contributed by atoms with Gasteiger partial charge in [0.15, 0.2) is 0 Å². The van der Waals surface area contributed by atoms with E-state index in [1.807, 2.05) is 35.0 Å².